The van der Waals surface area contributed by atoms with Crippen molar-refractivity contribution in [3.63, 3.8) is 0 Å². The van der Waals surface area contributed by atoms with Crippen LogP contribution in [0.25, 0.3) is 0 Å². The summed E-state index contributed by atoms with van der Waals surface area (Å²) in [7, 11) is 0. The molecule has 1 aromatic heterocycles. The van der Waals surface area contributed by atoms with E-state index >= 15 is 0 Å². The number of aromatic nitrogens is 2. The second-order valence-electron chi connectivity index (χ2n) is 8.78. The number of carbonyl (C=O) groups is 2. The van der Waals surface area contributed by atoms with Gasteiger partial charge in [0.15, 0.2) is 0 Å². The summed E-state index contributed by atoms with van der Waals surface area (Å²) in [6.45, 7) is 6.05. The van der Waals surface area contributed by atoms with Crippen molar-refractivity contribution < 1.29 is 22.8 Å². The maximum atomic E-state index is 14.6. The third-order valence-corrected chi connectivity index (χ3v) is 6.37. The van der Waals surface area contributed by atoms with Gasteiger partial charge in [-0.1, -0.05) is 18.2 Å². The van der Waals surface area contributed by atoms with E-state index in [0.717, 1.165) is 6.07 Å². The molecule has 0 unspecified atom stereocenters. The molecule has 0 bridgehead atoms. The predicted octanol–water partition coefficient (Wildman–Crippen LogP) is 4.09. The molecule has 2 aliphatic rings. The molecule has 4 rings (SSSR count). The standard InChI is InChI=1S/C22H23ClF3N5O2/c1-11(13-5-4-6-14(17(13)24)18(25)26)27-19-15-7-30(8-16(15)28-21(23)29-19)20(33)22(3)9-31(10-22)12(2)32/h4-6,11,18H,7-10H2,1-3H3,(H,27,28,29)/t11-/m1/s1. The first-order chi connectivity index (χ1) is 15.5. The minimum Gasteiger partial charge on any atom is -0.363 e. The summed E-state index contributed by atoms with van der Waals surface area (Å²) in [5.74, 6) is -0.845. The number of likely N-dealkylation sites (tertiary alicyclic amines) is 1. The summed E-state index contributed by atoms with van der Waals surface area (Å²) < 4.78 is 40.8. The first-order valence-electron chi connectivity index (χ1n) is 10.4. The zero-order valence-corrected chi connectivity index (χ0v) is 19.1. The van der Waals surface area contributed by atoms with Crippen molar-refractivity contribution in [1.29, 1.82) is 0 Å². The highest BCUT2D eigenvalue weighted by molar-refractivity contribution is 6.28. The lowest BCUT2D eigenvalue weighted by Crippen LogP contribution is -2.62. The highest BCUT2D eigenvalue weighted by Crippen LogP contribution is 2.37. The topological polar surface area (TPSA) is 78.4 Å². The molecule has 1 N–H and O–H groups in total. The fourth-order valence-electron chi connectivity index (χ4n) is 4.38. The van der Waals surface area contributed by atoms with Crippen molar-refractivity contribution in [1.82, 2.24) is 19.8 Å². The van der Waals surface area contributed by atoms with Crippen LogP contribution in [0.3, 0.4) is 0 Å². The lowest BCUT2D eigenvalue weighted by molar-refractivity contribution is -0.158. The molecule has 2 amide bonds. The summed E-state index contributed by atoms with van der Waals surface area (Å²) in [6.07, 6.45) is -2.93. The SMILES string of the molecule is CC(=O)N1CC(C)(C(=O)N2Cc3nc(Cl)nc(N[C@H](C)c4cccc(C(F)F)c4F)c3C2)C1. The van der Waals surface area contributed by atoms with Crippen LogP contribution in [0, 0.1) is 11.2 Å². The molecule has 7 nitrogen and oxygen atoms in total. The number of anilines is 1. The van der Waals surface area contributed by atoms with E-state index < -0.39 is 29.3 Å². The Morgan fingerprint density at radius 2 is 1.82 bits per heavy atom. The Morgan fingerprint density at radius 3 is 2.45 bits per heavy atom. The van der Waals surface area contributed by atoms with E-state index in [9.17, 15) is 22.8 Å². The lowest BCUT2D eigenvalue weighted by Gasteiger charge is -2.47. The van der Waals surface area contributed by atoms with Crippen LogP contribution >= 0.6 is 11.6 Å². The van der Waals surface area contributed by atoms with Gasteiger partial charge in [0.2, 0.25) is 17.1 Å². The number of carbonyl (C=O) groups excluding carboxylic acids is 2. The number of hydrogen-bond donors (Lipinski definition) is 1. The summed E-state index contributed by atoms with van der Waals surface area (Å²) in [5.41, 5.74) is -0.0849. The molecule has 3 heterocycles. The van der Waals surface area contributed by atoms with Crippen molar-refractivity contribution in [3.8, 4) is 0 Å². The summed E-state index contributed by atoms with van der Waals surface area (Å²) in [6, 6.07) is 3.15. The first kappa shape index (κ1) is 23.3. The van der Waals surface area contributed by atoms with Crippen LogP contribution in [0.5, 0.6) is 0 Å². The zero-order chi connectivity index (χ0) is 24.1. The summed E-state index contributed by atoms with van der Waals surface area (Å²) >= 11 is 6.08. The van der Waals surface area contributed by atoms with E-state index in [2.05, 4.69) is 15.3 Å². The van der Waals surface area contributed by atoms with Gasteiger partial charge in [-0.3, -0.25) is 9.59 Å². The van der Waals surface area contributed by atoms with Crippen LogP contribution in [-0.4, -0.2) is 44.7 Å². The van der Waals surface area contributed by atoms with Crippen molar-refractivity contribution >= 4 is 29.2 Å². The molecule has 1 fully saturated rings. The monoisotopic (exact) mass is 481 g/mol. The second-order valence-corrected chi connectivity index (χ2v) is 9.12. The van der Waals surface area contributed by atoms with Crippen LogP contribution < -0.4 is 5.32 Å². The fourth-order valence-corrected chi connectivity index (χ4v) is 4.56. The average molecular weight is 482 g/mol. The van der Waals surface area contributed by atoms with E-state index in [1.165, 1.54) is 19.1 Å². The molecular weight excluding hydrogens is 459 g/mol. The normalized spacial score (nSPS) is 17.6. The van der Waals surface area contributed by atoms with Crippen LogP contribution in [-0.2, 0) is 22.7 Å². The van der Waals surface area contributed by atoms with Gasteiger partial charge in [-0.25, -0.2) is 23.1 Å². The Balaban J connectivity index is 1.54. The van der Waals surface area contributed by atoms with Crippen molar-refractivity contribution in [3.05, 3.63) is 51.7 Å². The van der Waals surface area contributed by atoms with Gasteiger partial charge in [0.05, 0.1) is 35.8 Å². The molecular formula is C22H23ClF3N5O2. The van der Waals surface area contributed by atoms with Gasteiger partial charge >= 0.3 is 0 Å². The smallest absolute Gasteiger partial charge is 0.266 e. The third-order valence-electron chi connectivity index (χ3n) is 6.20. The van der Waals surface area contributed by atoms with Crippen LogP contribution in [0.4, 0.5) is 19.0 Å². The molecule has 0 radical (unpaired) electrons. The Kier molecular flexibility index (Phi) is 5.98. The van der Waals surface area contributed by atoms with Crippen molar-refractivity contribution in [2.24, 2.45) is 5.41 Å². The number of rotatable bonds is 5. The third kappa shape index (κ3) is 4.23. The van der Waals surface area contributed by atoms with Crippen LogP contribution in [0.1, 0.15) is 55.6 Å². The molecule has 2 aliphatic heterocycles. The van der Waals surface area contributed by atoms with E-state index in [1.54, 1.807) is 16.7 Å². The summed E-state index contributed by atoms with van der Waals surface area (Å²) in [5, 5.41) is 3.00. The Hall–Kier alpha value is -2.88. The minimum absolute atomic E-state index is 0.0443. The molecule has 1 atom stereocenters. The molecule has 1 aromatic carbocycles. The van der Waals surface area contributed by atoms with Gasteiger partial charge in [-0.2, -0.15) is 0 Å². The molecule has 2 aromatic rings. The molecule has 1 saturated heterocycles. The molecule has 0 spiro atoms. The molecule has 176 valence electrons. The number of benzene rings is 1. The van der Waals surface area contributed by atoms with Crippen molar-refractivity contribution in [2.75, 3.05) is 18.4 Å². The van der Waals surface area contributed by atoms with E-state index in [1.807, 2.05) is 6.92 Å². The number of nitrogens with one attached hydrogen (secondary N) is 1. The quantitative estimate of drug-likeness (QED) is 0.651. The summed E-state index contributed by atoms with van der Waals surface area (Å²) in [4.78, 5) is 36.3. The average Bonchev–Trinajstić information content (AvgIpc) is 3.14. The highest BCUT2D eigenvalue weighted by atomic mass is 35.5. The lowest BCUT2D eigenvalue weighted by atomic mass is 9.80. The van der Waals surface area contributed by atoms with Gasteiger partial charge in [0.1, 0.15) is 11.6 Å². The van der Waals surface area contributed by atoms with E-state index in [-0.39, 0.29) is 35.8 Å². The maximum absolute atomic E-state index is 14.6. The number of nitrogens with zero attached hydrogens (tertiary/aromatic N) is 4. The predicted molar refractivity (Wildman–Crippen MR) is 115 cm³/mol. The number of amides is 2. The highest BCUT2D eigenvalue weighted by Gasteiger charge is 2.49. The van der Waals surface area contributed by atoms with Gasteiger partial charge in [-0.15, -0.1) is 0 Å². The van der Waals surface area contributed by atoms with Gasteiger partial charge in [0, 0.05) is 31.1 Å². The minimum atomic E-state index is -2.93. The van der Waals surface area contributed by atoms with E-state index in [4.69, 9.17) is 11.6 Å². The molecule has 11 heteroatoms. The van der Waals surface area contributed by atoms with Gasteiger partial charge in [0.25, 0.3) is 6.43 Å². The number of fused-ring (bicyclic) bond motifs is 1. The van der Waals surface area contributed by atoms with Gasteiger partial charge in [-0.05, 0) is 25.4 Å². The first-order valence-corrected chi connectivity index (χ1v) is 10.8. The molecule has 0 saturated carbocycles. The largest absolute Gasteiger partial charge is 0.363 e. The number of alkyl halides is 2. The Labute approximate surface area is 193 Å². The Bertz CT molecular complexity index is 1120. The van der Waals surface area contributed by atoms with Crippen LogP contribution in [0.2, 0.25) is 5.28 Å². The number of hydrogen-bond acceptors (Lipinski definition) is 5. The molecule has 0 aliphatic carbocycles. The second kappa shape index (κ2) is 8.48. The fraction of sp³-hybridized carbons (Fsp3) is 0.455. The Morgan fingerprint density at radius 1 is 1.15 bits per heavy atom. The maximum Gasteiger partial charge on any atom is 0.266 e. The number of halogens is 4. The van der Waals surface area contributed by atoms with E-state index in [0.29, 0.717) is 30.2 Å². The zero-order valence-electron chi connectivity index (χ0n) is 18.3. The van der Waals surface area contributed by atoms with Crippen LogP contribution in [0.15, 0.2) is 18.2 Å². The molecule has 33 heavy (non-hydrogen) atoms. The van der Waals surface area contributed by atoms with Crippen molar-refractivity contribution in [2.45, 2.75) is 46.3 Å². The van der Waals surface area contributed by atoms with Gasteiger partial charge < -0.3 is 15.1 Å².